The molecule has 1 aliphatic heterocycles. The maximum atomic E-state index is 5.29. The van der Waals surface area contributed by atoms with Crippen LogP contribution in [0.3, 0.4) is 0 Å². The molecule has 0 amide bonds. The minimum atomic E-state index is 0.432. The van der Waals surface area contributed by atoms with Gasteiger partial charge in [0.2, 0.25) is 0 Å². The molecule has 4 rings (SSSR count). The molecule has 6 nitrogen and oxygen atoms in total. The monoisotopic (exact) mass is 323 g/mol. The van der Waals surface area contributed by atoms with Gasteiger partial charge in [-0.1, -0.05) is 17.3 Å². The Kier molecular flexibility index (Phi) is 3.90. The lowest BCUT2D eigenvalue weighted by Crippen LogP contribution is -2.35. The van der Waals surface area contributed by atoms with Crippen LogP contribution >= 0.6 is 0 Å². The second kappa shape index (κ2) is 6.20. The summed E-state index contributed by atoms with van der Waals surface area (Å²) in [5.74, 6) is 2.31. The van der Waals surface area contributed by atoms with Crippen LogP contribution in [0.1, 0.15) is 24.3 Å². The summed E-state index contributed by atoms with van der Waals surface area (Å²) in [4.78, 5) is 9.55. The molecule has 2 aromatic heterocycles. The van der Waals surface area contributed by atoms with E-state index in [1.165, 1.54) is 0 Å². The molecule has 1 fully saturated rings. The minimum Gasteiger partial charge on any atom is -0.367 e. The fourth-order valence-corrected chi connectivity index (χ4v) is 3.26. The highest BCUT2D eigenvalue weighted by Gasteiger charge is 2.19. The quantitative estimate of drug-likeness (QED) is 0.771. The van der Waals surface area contributed by atoms with Gasteiger partial charge in [0.15, 0.2) is 5.82 Å². The van der Waals surface area contributed by atoms with E-state index in [1.54, 1.807) is 0 Å². The number of fused-ring (bicyclic) bond motifs is 1. The normalized spacial score (nSPS) is 15.8. The maximum absolute atomic E-state index is 5.29. The number of nitrogens with one attached hydrogen (secondary N) is 2. The molecule has 0 bridgehead atoms. The van der Waals surface area contributed by atoms with Gasteiger partial charge < -0.3 is 15.2 Å². The van der Waals surface area contributed by atoms with Crippen LogP contribution < -0.4 is 10.6 Å². The van der Waals surface area contributed by atoms with Crippen molar-refractivity contribution in [2.45, 2.75) is 32.7 Å². The van der Waals surface area contributed by atoms with E-state index in [-0.39, 0.29) is 0 Å². The summed E-state index contributed by atoms with van der Waals surface area (Å²) in [6, 6.07) is 8.54. The van der Waals surface area contributed by atoms with E-state index in [2.05, 4.69) is 21.9 Å². The van der Waals surface area contributed by atoms with Crippen LogP contribution in [0, 0.1) is 13.8 Å². The van der Waals surface area contributed by atoms with E-state index in [1.807, 2.05) is 32.0 Å². The van der Waals surface area contributed by atoms with Crippen molar-refractivity contribution in [3.05, 3.63) is 35.7 Å². The average Bonchev–Trinajstić information content (AvgIpc) is 2.94. The number of benzene rings is 1. The van der Waals surface area contributed by atoms with Crippen LogP contribution in [0.5, 0.6) is 0 Å². The molecule has 0 atom stereocenters. The summed E-state index contributed by atoms with van der Waals surface area (Å²) >= 11 is 0. The van der Waals surface area contributed by atoms with Gasteiger partial charge in [0.1, 0.15) is 11.6 Å². The third-order valence-corrected chi connectivity index (χ3v) is 4.54. The molecular weight excluding hydrogens is 302 g/mol. The van der Waals surface area contributed by atoms with E-state index in [9.17, 15) is 0 Å². The number of para-hydroxylation sites is 1. The average molecular weight is 323 g/mol. The van der Waals surface area contributed by atoms with Gasteiger partial charge in [-0.05, 0) is 51.9 Å². The first kappa shape index (κ1) is 15.1. The molecule has 0 radical (unpaired) electrons. The summed E-state index contributed by atoms with van der Waals surface area (Å²) in [6.07, 6.45) is 2.19. The Morgan fingerprint density at radius 1 is 1.12 bits per heavy atom. The Morgan fingerprint density at radius 2 is 1.92 bits per heavy atom. The molecule has 3 aromatic rings. The molecule has 0 unspecified atom stereocenters. The Morgan fingerprint density at radius 3 is 2.67 bits per heavy atom. The van der Waals surface area contributed by atoms with Gasteiger partial charge in [0.25, 0.3) is 0 Å². The number of piperidine rings is 1. The van der Waals surface area contributed by atoms with Gasteiger partial charge in [0, 0.05) is 11.4 Å². The summed E-state index contributed by atoms with van der Waals surface area (Å²) in [5, 5.41) is 12.1. The highest BCUT2D eigenvalue weighted by Crippen LogP contribution is 2.29. The highest BCUT2D eigenvalue weighted by atomic mass is 16.5. The Balaban J connectivity index is 1.81. The molecule has 6 heteroatoms. The zero-order chi connectivity index (χ0) is 16.5. The van der Waals surface area contributed by atoms with Crippen LogP contribution in [-0.2, 0) is 0 Å². The largest absolute Gasteiger partial charge is 0.367 e. The van der Waals surface area contributed by atoms with Crippen molar-refractivity contribution in [2.75, 3.05) is 18.4 Å². The van der Waals surface area contributed by atoms with Gasteiger partial charge in [0.05, 0.1) is 16.8 Å². The molecule has 24 heavy (non-hydrogen) atoms. The van der Waals surface area contributed by atoms with Gasteiger partial charge in [-0.2, -0.15) is 0 Å². The van der Waals surface area contributed by atoms with Crippen molar-refractivity contribution in [2.24, 2.45) is 0 Å². The second-order valence-electron chi connectivity index (χ2n) is 6.28. The standard InChI is InChI=1S/C18H21N5O/c1-11-16(12(2)24-23-11)18-21-15-6-4-3-5-14(15)17(22-18)20-13-7-9-19-10-8-13/h3-6,13,19H,7-10H2,1-2H3,(H,20,21,22). The van der Waals surface area contributed by atoms with Gasteiger partial charge in [-0.25, -0.2) is 9.97 Å². The number of anilines is 1. The number of aryl methyl sites for hydroxylation is 2. The zero-order valence-electron chi connectivity index (χ0n) is 14.0. The van der Waals surface area contributed by atoms with Crippen LogP contribution in [0.25, 0.3) is 22.3 Å². The Hall–Kier alpha value is -2.47. The van der Waals surface area contributed by atoms with Crippen LogP contribution in [0.2, 0.25) is 0 Å². The fraction of sp³-hybridized carbons (Fsp3) is 0.389. The van der Waals surface area contributed by atoms with Crippen molar-refractivity contribution in [3.63, 3.8) is 0 Å². The van der Waals surface area contributed by atoms with Crippen molar-refractivity contribution in [3.8, 4) is 11.4 Å². The lowest BCUT2D eigenvalue weighted by molar-refractivity contribution is 0.393. The zero-order valence-corrected chi connectivity index (χ0v) is 14.0. The number of rotatable bonds is 3. The number of aromatic nitrogens is 3. The second-order valence-corrected chi connectivity index (χ2v) is 6.28. The minimum absolute atomic E-state index is 0.432. The number of hydrogen-bond acceptors (Lipinski definition) is 6. The summed E-state index contributed by atoms with van der Waals surface area (Å²) < 4.78 is 5.29. The predicted octanol–water partition coefficient (Wildman–Crippen LogP) is 3.07. The van der Waals surface area contributed by atoms with E-state index in [0.717, 1.165) is 59.7 Å². The number of nitrogens with zero attached hydrogens (tertiary/aromatic N) is 3. The third-order valence-electron chi connectivity index (χ3n) is 4.54. The smallest absolute Gasteiger partial charge is 0.167 e. The molecule has 1 aromatic carbocycles. The molecule has 3 heterocycles. The lowest BCUT2D eigenvalue weighted by atomic mass is 10.1. The van der Waals surface area contributed by atoms with Gasteiger partial charge in [-0.15, -0.1) is 0 Å². The first-order valence-corrected chi connectivity index (χ1v) is 8.39. The third kappa shape index (κ3) is 2.73. The van der Waals surface area contributed by atoms with Crippen LogP contribution in [0.15, 0.2) is 28.8 Å². The molecule has 1 saturated heterocycles. The van der Waals surface area contributed by atoms with Crippen molar-refractivity contribution in [1.82, 2.24) is 20.4 Å². The first-order chi connectivity index (χ1) is 11.7. The topological polar surface area (TPSA) is 75.9 Å². The first-order valence-electron chi connectivity index (χ1n) is 8.39. The van der Waals surface area contributed by atoms with Gasteiger partial charge in [-0.3, -0.25) is 0 Å². The number of hydrogen-bond donors (Lipinski definition) is 2. The summed E-state index contributed by atoms with van der Waals surface area (Å²) in [6.45, 7) is 5.90. The van der Waals surface area contributed by atoms with E-state index < -0.39 is 0 Å². The highest BCUT2D eigenvalue weighted by molar-refractivity contribution is 5.90. The molecule has 2 N–H and O–H groups in total. The molecular formula is C18H21N5O. The van der Waals surface area contributed by atoms with E-state index in [4.69, 9.17) is 14.5 Å². The molecule has 1 aliphatic rings. The van der Waals surface area contributed by atoms with Crippen molar-refractivity contribution < 1.29 is 4.52 Å². The maximum Gasteiger partial charge on any atom is 0.167 e. The predicted molar refractivity (Wildman–Crippen MR) is 94.0 cm³/mol. The van der Waals surface area contributed by atoms with E-state index in [0.29, 0.717) is 11.9 Å². The molecule has 124 valence electrons. The molecule has 0 aliphatic carbocycles. The SMILES string of the molecule is Cc1noc(C)c1-c1nc(NC2CCNCC2)c2ccccc2n1. The Labute approximate surface area is 140 Å². The van der Waals surface area contributed by atoms with Crippen LogP contribution in [0.4, 0.5) is 5.82 Å². The summed E-state index contributed by atoms with van der Waals surface area (Å²) in [5.41, 5.74) is 2.63. The summed E-state index contributed by atoms with van der Waals surface area (Å²) in [7, 11) is 0. The fourth-order valence-electron chi connectivity index (χ4n) is 3.26. The molecule has 0 saturated carbocycles. The van der Waals surface area contributed by atoms with Crippen molar-refractivity contribution >= 4 is 16.7 Å². The van der Waals surface area contributed by atoms with Crippen LogP contribution in [-0.4, -0.2) is 34.3 Å². The molecule has 0 spiro atoms. The van der Waals surface area contributed by atoms with Crippen molar-refractivity contribution in [1.29, 1.82) is 0 Å². The van der Waals surface area contributed by atoms with E-state index >= 15 is 0 Å². The van der Waals surface area contributed by atoms with Gasteiger partial charge >= 0.3 is 0 Å². The Bertz CT molecular complexity index is 847. The lowest BCUT2D eigenvalue weighted by Gasteiger charge is -2.25.